The molecule has 0 amide bonds. The van der Waals surface area contributed by atoms with Gasteiger partial charge in [0.15, 0.2) is 0 Å². The lowest BCUT2D eigenvalue weighted by Gasteiger charge is -2.49. The summed E-state index contributed by atoms with van der Waals surface area (Å²) >= 11 is 0. The van der Waals surface area contributed by atoms with Crippen LogP contribution in [-0.4, -0.2) is 22.6 Å². The Kier molecular flexibility index (Phi) is 5.37. The van der Waals surface area contributed by atoms with Crippen LogP contribution in [0.3, 0.4) is 0 Å². The molecular formula is C18H30N+. The Morgan fingerprint density at radius 2 is 1.53 bits per heavy atom. The van der Waals surface area contributed by atoms with Gasteiger partial charge >= 0.3 is 0 Å². The van der Waals surface area contributed by atoms with Crippen LogP contribution >= 0.6 is 0 Å². The van der Waals surface area contributed by atoms with Crippen LogP contribution in [0.15, 0.2) is 30.8 Å². The summed E-state index contributed by atoms with van der Waals surface area (Å²) in [5, 5.41) is 0. The maximum atomic E-state index is 3.87. The summed E-state index contributed by atoms with van der Waals surface area (Å²) in [5.74, 6) is 0. The van der Waals surface area contributed by atoms with Crippen molar-refractivity contribution in [3.8, 4) is 0 Å². The average molecular weight is 260 g/mol. The van der Waals surface area contributed by atoms with Gasteiger partial charge in [-0.15, -0.1) is 0 Å². The molecule has 0 spiro atoms. The zero-order valence-corrected chi connectivity index (χ0v) is 13.5. The molecule has 0 saturated carbocycles. The maximum absolute atomic E-state index is 3.87. The van der Waals surface area contributed by atoms with Crippen molar-refractivity contribution in [1.29, 1.82) is 0 Å². The summed E-state index contributed by atoms with van der Waals surface area (Å²) in [6.07, 6.45) is 1.93. The van der Waals surface area contributed by atoms with Crippen LogP contribution in [0.4, 0.5) is 0 Å². The number of benzene rings is 1. The second kappa shape index (κ2) is 6.38. The highest BCUT2D eigenvalue weighted by molar-refractivity contribution is 5.47. The number of hydrogen-bond donors (Lipinski definition) is 0. The van der Waals surface area contributed by atoms with Crippen LogP contribution in [-0.2, 0) is 6.54 Å². The molecule has 0 aromatic heterocycles. The quantitative estimate of drug-likeness (QED) is 0.640. The summed E-state index contributed by atoms with van der Waals surface area (Å²) in [5.41, 5.74) is 2.63. The summed E-state index contributed by atoms with van der Waals surface area (Å²) in [4.78, 5) is 0. The van der Waals surface area contributed by atoms with E-state index in [1.165, 1.54) is 11.1 Å². The van der Waals surface area contributed by atoms with Crippen LogP contribution in [0.25, 0.3) is 6.08 Å². The van der Waals surface area contributed by atoms with E-state index in [-0.39, 0.29) is 0 Å². The molecule has 0 saturated heterocycles. The smallest absolute Gasteiger partial charge is 0.105 e. The van der Waals surface area contributed by atoms with Crippen LogP contribution in [0.1, 0.15) is 52.7 Å². The Bertz CT molecular complexity index is 394. The molecule has 1 nitrogen and oxygen atoms in total. The first-order valence-corrected chi connectivity index (χ1v) is 7.43. The minimum Gasteiger partial charge on any atom is -0.314 e. The number of hydrogen-bond acceptors (Lipinski definition) is 0. The third-order valence-electron chi connectivity index (χ3n) is 4.53. The second-order valence-corrected chi connectivity index (χ2v) is 6.38. The fraction of sp³-hybridized carbons (Fsp3) is 0.556. The first kappa shape index (κ1) is 16.0. The van der Waals surface area contributed by atoms with Gasteiger partial charge < -0.3 is 4.48 Å². The zero-order chi connectivity index (χ0) is 14.6. The molecule has 1 heteroatoms. The van der Waals surface area contributed by atoms with Crippen molar-refractivity contribution in [3.63, 3.8) is 0 Å². The third kappa shape index (κ3) is 3.27. The topological polar surface area (TPSA) is 0 Å². The maximum Gasteiger partial charge on any atom is 0.105 e. The fourth-order valence-electron chi connectivity index (χ4n) is 3.47. The molecule has 1 aromatic rings. The lowest BCUT2D eigenvalue weighted by molar-refractivity contribution is -0.997. The van der Waals surface area contributed by atoms with E-state index in [1.54, 1.807) is 0 Å². The molecule has 0 unspecified atom stereocenters. The molecule has 1 aromatic carbocycles. The van der Waals surface area contributed by atoms with Crippen molar-refractivity contribution < 1.29 is 4.48 Å². The van der Waals surface area contributed by atoms with Gasteiger partial charge in [-0.05, 0) is 53.2 Å². The molecule has 0 radical (unpaired) electrons. The molecule has 0 fully saturated rings. The highest BCUT2D eigenvalue weighted by Gasteiger charge is 2.37. The van der Waals surface area contributed by atoms with E-state index in [0.717, 1.165) is 11.0 Å². The van der Waals surface area contributed by atoms with Gasteiger partial charge in [0.1, 0.15) is 6.54 Å². The molecule has 0 heterocycles. The van der Waals surface area contributed by atoms with Crippen molar-refractivity contribution in [2.75, 3.05) is 0 Å². The largest absolute Gasteiger partial charge is 0.314 e. The van der Waals surface area contributed by atoms with Crippen molar-refractivity contribution >= 4 is 6.08 Å². The predicted octanol–water partition coefficient (Wildman–Crippen LogP) is 4.87. The highest BCUT2D eigenvalue weighted by Crippen LogP contribution is 2.28. The molecule has 0 aliphatic rings. The highest BCUT2D eigenvalue weighted by atomic mass is 15.4. The third-order valence-corrected chi connectivity index (χ3v) is 4.53. The van der Waals surface area contributed by atoms with Gasteiger partial charge in [-0.2, -0.15) is 0 Å². The minimum absolute atomic E-state index is 0.618. The summed E-state index contributed by atoms with van der Waals surface area (Å²) in [6, 6.07) is 10.6. The molecule has 0 aliphatic carbocycles. The fourth-order valence-corrected chi connectivity index (χ4v) is 3.47. The van der Waals surface area contributed by atoms with Gasteiger partial charge in [0, 0.05) is 5.56 Å². The molecule has 0 N–H and O–H groups in total. The summed E-state index contributed by atoms with van der Waals surface area (Å²) < 4.78 is 1.13. The van der Waals surface area contributed by atoms with Gasteiger partial charge in [-0.1, -0.05) is 30.9 Å². The van der Waals surface area contributed by atoms with Gasteiger partial charge in [-0.3, -0.25) is 0 Å². The van der Waals surface area contributed by atoms with Crippen LogP contribution in [0, 0.1) is 0 Å². The predicted molar refractivity (Wildman–Crippen MR) is 85.9 cm³/mol. The molecule has 0 bridgehead atoms. The molecule has 19 heavy (non-hydrogen) atoms. The van der Waals surface area contributed by atoms with Gasteiger partial charge in [0.2, 0.25) is 0 Å². The molecule has 0 atom stereocenters. The number of nitrogens with zero attached hydrogens (tertiary/aromatic N) is 1. The van der Waals surface area contributed by atoms with Gasteiger partial charge in [0.05, 0.1) is 18.1 Å². The summed E-state index contributed by atoms with van der Waals surface area (Å²) in [6.45, 7) is 19.0. The van der Waals surface area contributed by atoms with Crippen LogP contribution < -0.4 is 0 Å². The van der Waals surface area contributed by atoms with Crippen LogP contribution in [0.2, 0.25) is 0 Å². The molecule has 106 valence electrons. The standard InChI is InChI=1S/C18H30N/c1-8-17-10-9-11-18(12-17)13-19(14(2)3,15(4)5)16(6)7/h8-12,14-16H,1,13H2,2-7H3/q+1. The van der Waals surface area contributed by atoms with Gasteiger partial charge in [-0.25, -0.2) is 0 Å². The Balaban J connectivity index is 3.16. The number of quaternary nitrogens is 1. The molecule has 1 rings (SSSR count). The van der Waals surface area contributed by atoms with Gasteiger partial charge in [0.25, 0.3) is 0 Å². The Morgan fingerprint density at radius 3 is 1.95 bits per heavy atom. The van der Waals surface area contributed by atoms with E-state index in [0.29, 0.717) is 18.1 Å². The zero-order valence-electron chi connectivity index (χ0n) is 13.5. The normalized spacial score (nSPS) is 12.5. The minimum atomic E-state index is 0.618. The van der Waals surface area contributed by atoms with Crippen molar-refractivity contribution in [2.24, 2.45) is 0 Å². The lowest BCUT2D eigenvalue weighted by Crippen LogP contribution is -2.61. The first-order chi connectivity index (χ1) is 8.84. The monoisotopic (exact) mass is 260 g/mol. The molecule has 0 aliphatic heterocycles. The number of rotatable bonds is 6. The van der Waals surface area contributed by atoms with Crippen LogP contribution in [0.5, 0.6) is 0 Å². The van der Waals surface area contributed by atoms with E-state index >= 15 is 0 Å². The van der Waals surface area contributed by atoms with E-state index in [9.17, 15) is 0 Å². The SMILES string of the molecule is C=Cc1cccc(C[N+](C(C)C)(C(C)C)C(C)C)c1. The lowest BCUT2D eigenvalue weighted by atomic mass is 10.0. The van der Waals surface area contributed by atoms with E-state index < -0.39 is 0 Å². The molecular weight excluding hydrogens is 230 g/mol. The Morgan fingerprint density at radius 1 is 1.00 bits per heavy atom. The van der Waals surface area contributed by atoms with Crippen molar-refractivity contribution in [3.05, 3.63) is 42.0 Å². The van der Waals surface area contributed by atoms with Crippen molar-refractivity contribution in [1.82, 2.24) is 0 Å². The van der Waals surface area contributed by atoms with E-state index in [1.807, 2.05) is 6.08 Å². The average Bonchev–Trinajstić information content (AvgIpc) is 2.34. The van der Waals surface area contributed by atoms with Crippen molar-refractivity contribution in [2.45, 2.75) is 66.2 Å². The van der Waals surface area contributed by atoms with E-state index in [4.69, 9.17) is 0 Å². The summed E-state index contributed by atoms with van der Waals surface area (Å²) in [7, 11) is 0. The Labute approximate surface area is 119 Å². The Hall–Kier alpha value is -1.08. The van der Waals surface area contributed by atoms with E-state index in [2.05, 4.69) is 72.4 Å². The second-order valence-electron chi connectivity index (χ2n) is 6.38. The first-order valence-electron chi connectivity index (χ1n) is 7.43.